The number of hydrogen-bond donors (Lipinski definition) is 2. The Labute approximate surface area is 74.4 Å². The molecule has 70 valence electrons. The molecule has 0 spiro atoms. The Morgan fingerprint density at radius 1 is 1.62 bits per heavy atom. The van der Waals surface area contributed by atoms with E-state index in [4.69, 9.17) is 9.52 Å². The highest BCUT2D eigenvalue weighted by Crippen LogP contribution is 2.13. The summed E-state index contributed by atoms with van der Waals surface area (Å²) < 4.78 is 4.86. The molecule has 5 heteroatoms. The zero-order chi connectivity index (χ0) is 9.84. The Balaban J connectivity index is 2.81. The number of carboxylic acid groups (broad SMARTS) is 1. The number of nitrogens with one attached hydrogen (secondary N) is 1. The summed E-state index contributed by atoms with van der Waals surface area (Å²) in [6.07, 6.45) is 1.35. The largest absolute Gasteiger partial charge is 0.479 e. The molecule has 0 saturated carbocycles. The van der Waals surface area contributed by atoms with Gasteiger partial charge in [-0.1, -0.05) is 0 Å². The van der Waals surface area contributed by atoms with Crippen LogP contribution in [0.1, 0.15) is 18.7 Å². The first-order chi connectivity index (χ1) is 6.11. The van der Waals surface area contributed by atoms with Gasteiger partial charge in [0.15, 0.2) is 6.04 Å². The third-order valence-electron chi connectivity index (χ3n) is 1.42. The van der Waals surface area contributed by atoms with Crippen molar-refractivity contribution in [2.45, 2.75) is 13.0 Å². The maximum atomic E-state index is 10.7. The van der Waals surface area contributed by atoms with Crippen LogP contribution in [0.3, 0.4) is 0 Å². The van der Waals surface area contributed by atoms with Crippen molar-refractivity contribution in [1.82, 2.24) is 5.32 Å². The Morgan fingerprint density at radius 3 is 2.69 bits per heavy atom. The van der Waals surface area contributed by atoms with Crippen molar-refractivity contribution in [3.63, 3.8) is 0 Å². The number of rotatable bonds is 3. The number of carbonyl (C=O) groups excluding carboxylic acids is 1. The lowest BCUT2D eigenvalue weighted by Crippen LogP contribution is -2.31. The molecule has 0 aliphatic heterocycles. The van der Waals surface area contributed by atoms with Gasteiger partial charge >= 0.3 is 5.97 Å². The summed E-state index contributed by atoms with van der Waals surface area (Å²) in [5.41, 5.74) is 0. The van der Waals surface area contributed by atoms with Gasteiger partial charge in [0.05, 0.1) is 6.26 Å². The van der Waals surface area contributed by atoms with Gasteiger partial charge < -0.3 is 14.8 Å². The fourth-order valence-corrected chi connectivity index (χ4v) is 0.913. The van der Waals surface area contributed by atoms with Crippen LogP contribution in [-0.2, 0) is 9.59 Å². The van der Waals surface area contributed by atoms with Crippen molar-refractivity contribution in [2.24, 2.45) is 0 Å². The monoisotopic (exact) mass is 183 g/mol. The van der Waals surface area contributed by atoms with Crippen LogP contribution < -0.4 is 5.32 Å². The van der Waals surface area contributed by atoms with E-state index >= 15 is 0 Å². The first-order valence-corrected chi connectivity index (χ1v) is 3.64. The van der Waals surface area contributed by atoms with E-state index in [-0.39, 0.29) is 5.76 Å². The average molecular weight is 183 g/mol. The molecular weight excluding hydrogens is 174 g/mol. The second-order valence-electron chi connectivity index (χ2n) is 2.49. The van der Waals surface area contributed by atoms with Crippen LogP contribution >= 0.6 is 0 Å². The van der Waals surface area contributed by atoms with Crippen LogP contribution in [0.4, 0.5) is 0 Å². The van der Waals surface area contributed by atoms with E-state index < -0.39 is 17.9 Å². The highest BCUT2D eigenvalue weighted by atomic mass is 16.4. The maximum Gasteiger partial charge on any atom is 0.334 e. The minimum absolute atomic E-state index is 0.211. The van der Waals surface area contributed by atoms with E-state index in [9.17, 15) is 9.59 Å². The molecule has 1 atom stereocenters. The second-order valence-corrected chi connectivity index (χ2v) is 2.49. The van der Waals surface area contributed by atoms with Crippen molar-refractivity contribution < 1.29 is 19.1 Å². The fourth-order valence-electron chi connectivity index (χ4n) is 0.913. The Kier molecular flexibility index (Phi) is 2.69. The van der Waals surface area contributed by atoms with Crippen LogP contribution in [0.15, 0.2) is 22.8 Å². The maximum absolute atomic E-state index is 10.7. The van der Waals surface area contributed by atoms with Gasteiger partial charge in [0, 0.05) is 6.92 Å². The summed E-state index contributed by atoms with van der Waals surface area (Å²) in [6, 6.07) is 1.95. The van der Waals surface area contributed by atoms with E-state index in [1.807, 2.05) is 0 Å². The molecule has 0 radical (unpaired) electrons. The van der Waals surface area contributed by atoms with E-state index in [0.717, 1.165) is 0 Å². The zero-order valence-electron chi connectivity index (χ0n) is 6.98. The Hall–Kier alpha value is -1.78. The van der Waals surface area contributed by atoms with Gasteiger partial charge in [0.25, 0.3) is 0 Å². The molecule has 1 aromatic heterocycles. The third-order valence-corrected chi connectivity index (χ3v) is 1.42. The van der Waals surface area contributed by atoms with E-state index in [2.05, 4.69) is 5.32 Å². The van der Waals surface area contributed by atoms with Crippen LogP contribution in [0.25, 0.3) is 0 Å². The predicted molar refractivity (Wildman–Crippen MR) is 42.9 cm³/mol. The molecule has 2 N–H and O–H groups in total. The number of furan rings is 1. The Morgan fingerprint density at radius 2 is 2.31 bits per heavy atom. The molecule has 0 bridgehead atoms. The predicted octanol–water partition coefficient (Wildman–Crippen LogP) is 0.541. The van der Waals surface area contributed by atoms with Crippen LogP contribution in [0, 0.1) is 0 Å². The van der Waals surface area contributed by atoms with Crippen molar-refractivity contribution >= 4 is 11.9 Å². The minimum Gasteiger partial charge on any atom is -0.479 e. The summed E-state index contributed by atoms with van der Waals surface area (Å²) in [6.45, 7) is 1.25. The molecule has 0 fully saturated rings. The normalized spacial score (nSPS) is 12.1. The van der Waals surface area contributed by atoms with Gasteiger partial charge in [-0.2, -0.15) is 0 Å². The van der Waals surface area contributed by atoms with Crippen molar-refractivity contribution in [1.29, 1.82) is 0 Å². The smallest absolute Gasteiger partial charge is 0.334 e. The number of carboxylic acids is 1. The van der Waals surface area contributed by atoms with Crippen LogP contribution in [0.2, 0.25) is 0 Å². The van der Waals surface area contributed by atoms with Crippen molar-refractivity contribution in [3.8, 4) is 0 Å². The van der Waals surface area contributed by atoms with Gasteiger partial charge in [0.2, 0.25) is 5.91 Å². The zero-order valence-corrected chi connectivity index (χ0v) is 6.98. The summed E-state index contributed by atoms with van der Waals surface area (Å²) in [4.78, 5) is 21.3. The molecule has 1 rings (SSSR count). The van der Waals surface area contributed by atoms with Gasteiger partial charge in [-0.15, -0.1) is 0 Å². The first-order valence-electron chi connectivity index (χ1n) is 3.64. The molecule has 0 saturated heterocycles. The van der Waals surface area contributed by atoms with E-state index in [0.29, 0.717) is 0 Å². The molecule has 0 aromatic carbocycles. The van der Waals surface area contributed by atoms with Gasteiger partial charge in [-0.3, -0.25) is 4.79 Å². The Bertz CT molecular complexity index is 304. The molecule has 1 heterocycles. The topological polar surface area (TPSA) is 79.5 Å². The molecule has 5 nitrogen and oxygen atoms in total. The van der Waals surface area contributed by atoms with Gasteiger partial charge in [-0.05, 0) is 12.1 Å². The molecule has 0 unspecified atom stereocenters. The lowest BCUT2D eigenvalue weighted by Gasteiger charge is -2.09. The number of hydrogen-bond acceptors (Lipinski definition) is 3. The molecule has 0 aliphatic carbocycles. The number of carbonyl (C=O) groups is 2. The average Bonchev–Trinajstić information content (AvgIpc) is 2.50. The number of amides is 1. The highest BCUT2D eigenvalue weighted by molar-refractivity contribution is 5.82. The lowest BCUT2D eigenvalue weighted by atomic mass is 10.2. The lowest BCUT2D eigenvalue weighted by molar-refractivity contribution is -0.142. The SMILES string of the molecule is CC(=O)N[C@H](C(=O)O)c1ccco1. The molecule has 1 amide bonds. The summed E-state index contributed by atoms with van der Waals surface area (Å²) in [5, 5.41) is 11.0. The van der Waals surface area contributed by atoms with Crippen molar-refractivity contribution in [2.75, 3.05) is 0 Å². The number of aliphatic carboxylic acids is 1. The quantitative estimate of drug-likeness (QED) is 0.716. The summed E-state index contributed by atoms with van der Waals surface area (Å²) in [5.74, 6) is -1.35. The fraction of sp³-hybridized carbons (Fsp3) is 0.250. The van der Waals surface area contributed by atoms with Gasteiger partial charge in [0.1, 0.15) is 5.76 Å². The minimum atomic E-state index is -1.15. The van der Waals surface area contributed by atoms with E-state index in [1.165, 1.54) is 19.3 Å². The van der Waals surface area contributed by atoms with Crippen molar-refractivity contribution in [3.05, 3.63) is 24.2 Å². The van der Waals surface area contributed by atoms with Gasteiger partial charge in [-0.25, -0.2) is 4.79 Å². The standard InChI is InChI=1S/C8H9NO4/c1-5(10)9-7(8(11)12)6-3-2-4-13-6/h2-4,7H,1H3,(H,9,10)(H,11,12)/t7-/m0/s1. The molecule has 1 aromatic rings. The molecule has 0 aliphatic rings. The third kappa shape index (κ3) is 2.33. The molecular formula is C8H9NO4. The first kappa shape index (κ1) is 9.31. The van der Waals surface area contributed by atoms with Crippen LogP contribution in [0.5, 0.6) is 0 Å². The highest BCUT2D eigenvalue weighted by Gasteiger charge is 2.22. The summed E-state index contributed by atoms with van der Waals surface area (Å²) >= 11 is 0. The summed E-state index contributed by atoms with van der Waals surface area (Å²) in [7, 11) is 0. The van der Waals surface area contributed by atoms with E-state index in [1.54, 1.807) is 6.07 Å². The van der Waals surface area contributed by atoms with Crippen LogP contribution in [-0.4, -0.2) is 17.0 Å². The molecule has 13 heavy (non-hydrogen) atoms. The second kappa shape index (κ2) is 3.75.